The van der Waals surface area contributed by atoms with Crippen LogP contribution in [0.5, 0.6) is 0 Å². The number of aromatic nitrogens is 5. The molecule has 2 aliphatic rings. The largest absolute Gasteiger partial charge is 0.346 e. The number of nitrogens with one attached hydrogen (secondary N) is 1. The number of rotatable bonds is 4. The smallest absolute Gasteiger partial charge is 0.160 e. The van der Waals surface area contributed by atoms with Gasteiger partial charge in [-0.15, -0.1) is 0 Å². The highest BCUT2D eigenvalue weighted by Crippen LogP contribution is 2.28. The molecular weight excluding hydrogens is 358 g/mol. The van der Waals surface area contributed by atoms with E-state index in [9.17, 15) is 0 Å². The van der Waals surface area contributed by atoms with Crippen molar-refractivity contribution in [1.29, 1.82) is 0 Å². The third kappa shape index (κ3) is 3.43. The van der Waals surface area contributed by atoms with Crippen LogP contribution in [0.4, 0.5) is 0 Å². The van der Waals surface area contributed by atoms with Crippen molar-refractivity contribution < 1.29 is 0 Å². The predicted molar refractivity (Wildman–Crippen MR) is 115 cm³/mol. The van der Waals surface area contributed by atoms with Crippen molar-refractivity contribution in [3.8, 4) is 33.9 Å². The van der Waals surface area contributed by atoms with E-state index in [1.165, 1.54) is 22.3 Å². The lowest BCUT2D eigenvalue weighted by Gasteiger charge is -2.06. The number of pyridine rings is 1. The summed E-state index contributed by atoms with van der Waals surface area (Å²) in [7, 11) is 0. The zero-order valence-corrected chi connectivity index (χ0v) is 16.4. The van der Waals surface area contributed by atoms with Crippen molar-refractivity contribution in [3.63, 3.8) is 0 Å². The number of H-pyrrole nitrogens is 1. The minimum absolute atomic E-state index is 0.725. The number of hydrogen-bond acceptors (Lipinski definition) is 3. The van der Waals surface area contributed by atoms with Crippen molar-refractivity contribution in [3.05, 3.63) is 90.0 Å². The Labute approximate surface area is 169 Å². The quantitative estimate of drug-likeness (QED) is 0.472. The molecule has 0 fully saturated rings. The van der Waals surface area contributed by atoms with Crippen molar-refractivity contribution in [2.24, 2.45) is 0 Å². The molecule has 3 aromatic rings. The van der Waals surface area contributed by atoms with Crippen molar-refractivity contribution in [2.45, 2.75) is 20.4 Å². The van der Waals surface area contributed by atoms with Crippen molar-refractivity contribution in [1.82, 2.24) is 24.7 Å². The Balaban J connectivity index is 1.43. The second-order valence-corrected chi connectivity index (χ2v) is 7.39. The Morgan fingerprint density at radius 2 is 1.55 bits per heavy atom. The maximum atomic E-state index is 4.74. The molecule has 142 valence electrons. The fourth-order valence-corrected chi connectivity index (χ4v) is 3.48. The third-order valence-corrected chi connectivity index (χ3v) is 5.32. The predicted octanol–water partition coefficient (Wildman–Crippen LogP) is 5.11. The summed E-state index contributed by atoms with van der Waals surface area (Å²) in [6.07, 6.45) is 5.80. The van der Waals surface area contributed by atoms with Gasteiger partial charge in [-0.2, -0.15) is 5.10 Å². The van der Waals surface area contributed by atoms with Gasteiger partial charge in [0.05, 0.1) is 17.9 Å². The number of nitrogens with zero attached hydrogens (tertiary/aromatic N) is 4. The van der Waals surface area contributed by atoms with Gasteiger partial charge in [-0.05, 0) is 48.2 Å². The summed E-state index contributed by atoms with van der Waals surface area (Å²) >= 11 is 0. The van der Waals surface area contributed by atoms with Crippen LogP contribution in [0.3, 0.4) is 0 Å². The molecule has 1 N–H and O–H groups in total. The zero-order chi connectivity index (χ0) is 19.8. The zero-order valence-electron chi connectivity index (χ0n) is 16.4. The fourth-order valence-electron chi connectivity index (χ4n) is 3.48. The summed E-state index contributed by atoms with van der Waals surface area (Å²) in [5.74, 6) is 0.755. The Hall–Kier alpha value is -3.73. The second kappa shape index (κ2) is 7.02. The van der Waals surface area contributed by atoms with Crippen LogP contribution in [0.1, 0.15) is 16.8 Å². The van der Waals surface area contributed by atoms with E-state index in [0.717, 1.165) is 35.0 Å². The van der Waals surface area contributed by atoms with Gasteiger partial charge in [0.15, 0.2) is 5.82 Å². The van der Waals surface area contributed by atoms with Gasteiger partial charge in [0.25, 0.3) is 0 Å². The first-order valence-corrected chi connectivity index (χ1v) is 9.65. The van der Waals surface area contributed by atoms with Gasteiger partial charge in [0.1, 0.15) is 5.69 Å². The summed E-state index contributed by atoms with van der Waals surface area (Å²) < 4.78 is 2.08. The minimum atomic E-state index is 0.725. The Morgan fingerprint density at radius 1 is 0.793 bits per heavy atom. The van der Waals surface area contributed by atoms with Crippen molar-refractivity contribution >= 4 is 0 Å². The van der Waals surface area contributed by atoms with E-state index < -0.39 is 0 Å². The number of benzene rings is 2. The van der Waals surface area contributed by atoms with E-state index in [-0.39, 0.29) is 0 Å². The monoisotopic (exact) mass is 379 g/mol. The molecule has 0 saturated heterocycles. The standard InChI is InChI=1S/C24H21N5/c1-16-3-4-20(13-17(16)2)18-5-7-19(8-6-18)24-26-22-10-12-29(15-23(22)27-24)14-21-9-11-25-28-21/h3-13,15H,14H2,1-2H3,(H,25,28). The van der Waals surface area contributed by atoms with Gasteiger partial charge in [-0.1, -0.05) is 42.5 Å². The van der Waals surface area contributed by atoms with E-state index in [0.29, 0.717) is 0 Å². The average Bonchev–Trinajstić information content (AvgIpc) is 3.40. The molecule has 0 bridgehead atoms. The maximum Gasteiger partial charge on any atom is 0.160 e. The van der Waals surface area contributed by atoms with E-state index in [1.54, 1.807) is 6.20 Å². The summed E-state index contributed by atoms with van der Waals surface area (Å²) in [4.78, 5) is 9.45. The number of fused-ring (bicyclic) bond motifs is 1. The molecular formula is C24H21N5. The average molecular weight is 379 g/mol. The molecule has 2 aromatic carbocycles. The first-order valence-electron chi connectivity index (χ1n) is 9.65. The molecule has 1 aromatic heterocycles. The van der Waals surface area contributed by atoms with Gasteiger partial charge < -0.3 is 4.57 Å². The van der Waals surface area contributed by atoms with E-state index in [2.05, 4.69) is 71.1 Å². The summed E-state index contributed by atoms with van der Waals surface area (Å²) in [6.45, 7) is 5.01. The number of imidazole rings is 1. The molecule has 0 saturated carbocycles. The molecule has 0 amide bonds. The second-order valence-electron chi connectivity index (χ2n) is 7.39. The van der Waals surface area contributed by atoms with Crippen LogP contribution in [0.25, 0.3) is 33.9 Å². The molecule has 5 heteroatoms. The maximum absolute atomic E-state index is 4.74. The van der Waals surface area contributed by atoms with Crippen LogP contribution in [0, 0.1) is 13.8 Å². The first-order chi connectivity index (χ1) is 14.2. The van der Waals surface area contributed by atoms with Crippen LogP contribution in [-0.2, 0) is 6.54 Å². The molecule has 0 spiro atoms. The van der Waals surface area contributed by atoms with Crippen LogP contribution in [0.15, 0.2) is 73.2 Å². The number of aromatic amines is 1. The Morgan fingerprint density at radius 3 is 2.31 bits per heavy atom. The molecule has 0 aliphatic carbocycles. The van der Waals surface area contributed by atoms with Gasteiger partial charge in [-0.3, -0.25) is 5.10 Å². The molecule has 0 radical (unpaired) electrons. The minimum Gasteiger partial charge on any atom is -0.346 e. The number of aryl methyl sites for hydroxylation is 2. The Kier molecular flexibility index (Phi) is 4.21. The lowest BCUT2D eigenvalue weighted by molar-refractivity contribution is 0.761. The van der Waals surface area contributed by atoms with Crippen LogP contribution >= 0.6 is 0 Å². The molecule has 3 heterocycles. The summed E-state index contributed by atoms with van der Waals surface area (Å²) in [6, 6.07) is 19.0. The summed E-state index contributed by atoms with van der Waals surface area (Å²) in [5.41, 5.74) is 8.91. The summed E-state index contributed by atoms with van der Waals surface area (Å²) in [5, 5.41) is 6.98. The highest BCUT2D eigenvalue weighted by atomic mass is 15.1. The Bertz CT molecular complexity index is 1230. The molecule has 5 rings (SSSR count). The van der Waals surface area contributed by atoms with Gasteiger partial charge >= 0.3 is 0 Å². The van der Waals surface area contributed by atoms with E-state index >= 15 is 0 Å². The molecule has 2 aliphatic heterocycles. The lowest BCUT2D eigenvalue weighted by atomic mass is 9.99. The SMILES string of the molecule is Cc1ccc(-c2ccc(-c3nc4ccn(Cc5ccn[nH]5)cc-4n3)cc2)cc1C. The normalized spacial score (nSPS) is 11.2. The van der Waals surface area contributed by atoms with Crippen LogP contribution in [-0.4, -0.2) is 24.7 Å². The molecule has 0 unspecified atom stereocenters. The van der Waals surface area contributed by atoms with Gasteiger partial charge in [-0.25, -0.2) is 9.97 Å². The lowest BCUT2D eigenvalue weighted by Crippen LogP contribution is -2.01. The first kappa shape index (κ1) is 17.4. The van der Waals surface area contributed by atoms with E-state index in [4.69, 9.17) is 9.97 Å². The third-order valence-electron chi connectivity index (χ3n) is 5.32. The van der Waals surface area contributed by atoms with Gasteiger partial charge in [0.2, 0.25) is 0 Å². The van der Waals surface area contributed by atoms with Crippen molar-refractivity contribution in [2.75, 3.05) is 0 Å². The van der Waals surface area contributed by atoms with E-state index in [1.807, 2.05) is 24.5 Å². The molecule has 0 atom stereocenters. The number of hydrogen-bond donors (Lipinski definition) is 1. The van der Waals surface area contributed by atoms with Crippen LogP contribution < -0.4 is 0 Å². The fraction of sp³-hybridized carbons (Fsp3) is 0.125. The topological polar surface area (TPSA) is 59.4 Å². The molecule has 29 heavy (non-hydrogen) atoms. The molecule has 5 nitrogen and oxygen atoms in total. The highest BCUT2D eigenvalue weighted by molar-refractivity contribution is 5.71. The van der Waals surface area contributed by atoms with Crippen LogP contribution in [0.2, 0.25) is 0 Å². The van der Waals surface area contributed by atoms with Gasteiger partial charge in [0, 0.05) is 24.2 Å². The highest BCUT2D eigenvalue weighted by Gasteiger charge is 2.13.